The van der Waals surface area contributed by atoms with Gasteiger partial charge in [0.1, 0.15) is 6.10 Å². The van der Waals surface area contributed by atoms with Gasteiger partial charge in [-0.15, -0.1) is 0 Å². The first-order valence-corrected chi connectivity index (χ1v) is 8.86. The van der Waals surface area contributed by atoms with Crippen LogP contribution in [0.3, 0.4) is 0 Å². The van der Waals surface area contributed by atoms with Crippen molar-refractivity contribution in [3.63, 3.8) is 0 Å². The van der Waals surface area contributed by atoms with Crippen LogP contribution in [0.4, 0.5) is 0 Å². The van der Waals surface area contributed by atoms with Crippen molar-refractivity contribution in [2.24, 2.45) is 0 Å². The normalized spacial score (nSPS) is 13.2. The fourth-order valence-corrected chi connectivity index (χ4v) is 2.03. The van der Waals surface area contributed by atoms with E-state index < -0.39 is 5.97 Å². The first-order chi connectivity index (χ1) is 11.7. The molecule has 4 heteroatoms. The SMILES string of the molecule is C.CCCCC/C=C\CC(/C=C\C=C/C/C=C\CCCC(=O)O)OO. The number of rotatable bonds is 15. The van der Waals surface area contributed by atoms with Crippen molar-refractivity contribution in [2.75, 3.05) is 0 Å². The Morgan fingerprint density at radius 2 is 1.72 bits per heavy atom. The molecule has 0 aliphatic carbocycles. The topological polar surface area (TPSA) is 66.8 Å². The summed E-state index contributed by atoms with van der Waals surface area (Å²) in [5.41, 5.74) is 0. The molecule has 0 aliphatic heterocycles. The lowest BCUT2D eigenvalue weighted by molar-refractivity contribution is -0.264. The fraction of sp³-hybridized carbons (Fsp3) is 0.571. The Kier molecular flexibility index (Phi) is 20.9. The zero-order valence-electron chi connectivity index (χ0n) is 14.8. The van der Waals surface area contributed by atoms with Gasteiger partial charge in [-0.05, 0) is 38.5 Å². The smallest absolute Gasteiger partial charge is 0.303 e. The molecule has 1 atom stereocenters. The quantitative estimate of drug-likeness (QED) is 0.119. The summed E-state index contributed by atoms with van der Waals surface area (Å²) >= 11 is 0. The van der Waals surface area contributed by atoms with E-state index in [1.807, 2.05) is 42.5 Å². The number of hydrogen-bond acceptors (Lipinski definition) is 3. The van der Waals surface area contributed by atoms with Gasteiger partial charge in [0.25, 0.3) is 0 Å². The second kappa shape index (κ2) is 20.4. The molecule has 0 radical (unpaired) electrons. The largest absolute Gasteiger partial charge is 0.481 e. The molecular weight excluding hydrogens is 316 g/mol. The van der Waals surface area contributed by atoms with E-state index in [1.165, 1.54) is 19.3 Å². The van der Waals surface area contributed by atoms with E-state index in [1.54, 1.807) is 0 Å². The van der Waals surface area contributed by atoms with Gasteiger partial charge in [-0.2, -0.15) is 0 Å². The van der Waals surface area contributed by atoms with Crippen LogP contribution in [0.5, 0.6) is 0 Å². The molecule has 0 spiro atoms. The van der Waals surface area contributed by atoms with E-state index in [2.05, 4.69) is 17.9 Å². The molecule has 0 heterocycles. The molecule has 0 saturated heterocycles. The second-order valence-corrected chi connectivity index (χ2v) is 5.65. The highest BCUT2D eigenvalue weighted by molar-refractivity contribution is 5.66. The van der Waals surface area contributed by atoms with E-state index in [4.69, 9.17) is 10.4 Å². The van der Waals surface area contributed by atoms with Crippen molar-refractivity contribution < 1.29 is 20.0 Å². The minimum Gasteiger partial charge on any atom is -0.481 e. The molecule has 0 rings (SSSR count). The molecule has 0 aliphatic rings. The molecule has 0 bridgehead atoms. The average Bonchev–Trinajstić information content (AvgIpc) is 2.57. The van der Waals surface area contributed by atoms with Crippen molar-refractivity contribution in [3.8, 4) is 0 Å². The van der Waals surface area contributed by atoms with Crippen LogP contribution in [0.2, 0.25) is 0 Å². The van der Waals surface area contributed by atoms with E-state index >= 15 is 0 Å². The number of carboxylic acid groups (broad SMARTS) is 1. The van der Waals surface area contributed by atoms with Crippen LogP contribution in [-0.4, -0.2) is 22.4 Å². The average molecular weight is 353 g/mol. The standard InChI is InChI=1S/C20H32O4.CH4/c1-2-3-4-5-10-13-16-19(24-23)17-14-11-8-6-7-9-12-15-18-20(21)22;/h7-11,13-14,17,19,23H,2-6,12,15-16,18H2,1H3,(H,21,22);1H4/b9-7-,11-8-,13-10-,17-14-;. The summed E-state index contributed by atoms with van der Waals surface area (Å²) in [6.45, 7) is 2.19. The van der Waals surface area contributed by atoms with Gasteiger partial charge in [0.15, 0.2) is 0 Å². The molecule has 4 nitrogen and oxygen atoms in total. The maximum atomic E-state index is 10.3. The van der Waals surface area contributed by atoms with Crippen LogP contribution >= 0.6 is 0 Å². The molecule has 0 aromatic heterocycles. The Balaban J connectivity index is 0. The number of carboxylic acids is 1. The number of carbonyl (C=O) groups is 1. The van der Waals surface area contributed by atoms with Gasteiger partial charge in [0.05, 0.1) is 0 Å². The van der Waals surface area contributed by atoms with Crippen molar-refractivity contribution in [3.05, 3.63) is 48.6 Å². The molecule has 144 valence electrons. The van der Waals surface area contributed by atoms with E-state index in [-0.39, 0.29) is 20.0 Å². The van der Waals surface area contributed by atoms with Gasteiger partial charge in [0.2, 0.25) is 0 Å². The zero-order valence-corrected chi connectivity index (χ0v) is 14.8. The number of hydrogen-bond donors (Lipinski definition) is 2. The third-order valence-electron chi connectivity index (χ3n) is 3.42. The van der Waals surface area contributed by atoms with Crippen molar-refractivity contribution in [2.45, 2.75) is 78.2 Å². The van der Waals surface area contributed by atoms with Gasteiger partial charge < -0.3 is 5.11 Å². The number of allylic oxidation sites excluding steroid dienone is 6. The molecule has 0 aromatic rings. The zero-order chi connectivity index (χ0) is 17.9. The maximum absolute atomic E-state index is 10.3. The Morgan fingerprint density at radius 1 is 1.00 bits per heavy atom. The van der Waals surface area contributed by atoms with Crippen molar-refractivity contribution in [1.29, 1.82) is 0 Å². The summed E-state index contributed by atoms with van der Waals surface area (Å²) in [5, 5.41) is 17.4. The predicted molar refractivity (Wildman–Crippen MR) is 106 cm³/mol. The van der Waals surface area contributed by atoms with Gasteiger partial charge >= 0.3 is 5.97 Å². The highest BCUT2D eigenvalue weighted by Crippen LogP contribution is 2.04. The molecule has 1 unspecified atom stereocenters. The lowest BCUT2D eigenvalue weighted by atomic mass is 10.1. The molecule has 2 N–H and O–H groups in total. The Morgan fingerprint density at radius 3 is 2.40 bits per heavy atom. The first kappa shape index (κ1) is 25.6. The third kappa shape index (κ3) is 20.3. The predicted octanol–water partition coefficient (Wildman–Crippen LogP) is 6.32. The molecule has 0 saturated carbocycles. The highest BCUT2D eigenvalue weighted by Gasteiger charge is 1.99. The lowest BCUT2D eigenvalue weighted by Crippen LogP contribution is -2.04. The van der Waals surface area contributed by atoms with Crippen LogP contribution in [-0.2, 0) is 9.68 Å². The lowest BCUT2D eigenvalue weighted by Gasteiger charge is -2.04. The summed E-state index contributed by atoms with van der Waals surface area (Å²) in [6.07, 6.45) is 23.4. The third-order valence-corrected chi connectivity index (χ3v) is 3.42. The maximum Gasteiger partial charge on any atom is 0.303 e. The summed E-state index contributed by atoms with van der Waals surface area (Å²) in [7, 11) is 0. The Bertz CT molecular complexity index is 408. The van der Waals surface area contributed by atoms with Crippen LogP contribution in [0.25, 0.3) is 0 Å². The number of aliphatic carboxylic acids is 1. The molecule has 0 fully saturated rings. The van der Waals surface area contributed by atoms with Gasteiger partial charge in [-0.1, -0.05) is 75.8 Å². The van der Waals surface area contributed by atoms with Crippen LogP contribution in [0.1, 0.15) is 72.1 Å². The highest BCUT2D eigenvalue weighted by atomic mass is 17.1. The van der Waals surface area contributed by atoms with E-state index in [0.29, 0.717) is 12.8 Å². The summed E-state index contributed by atoms with van der Waals surface area (Å²) in [6, 6.07) is 0. The van der Waals surface area contributed by atoms with Crippen LogP contribution < -0.4 is 0 Å². The van der Waals surface area contributed by atoms with Crippen molar-refractivity contribution >= 4 is 5.97 Å². The minimum atomic E-state index is -0.745. The molecule has 0 amide bonds. The van der Waals surface area contributed by atoms with Crippen LogP contribution in [0, 0.1) is 0 Å². The van der Waals surface area contributed by atoms with Gasteiger partial charge in [-0.3, -0.25) is 10.1 Å². The summed E-state index contributed by atoms with van der Waals surface area (Å²) in [5.74, 6) is -0.745. The molecule has 25 heavy (non-hydrogen) atoms. The van der Waals surface area contributed by atoms with Gasteiger partial charge in [-0.25, -0.2) is 4.89 Å². The molecule has 0 aromatic carbocycles. The van der Waals surface area contributed by atoms with Gasteiger partial charge in [0, 0.05) is 6.42 Å². The monoisotopic (exact) mass is 352 g/mol. The summed E-state index contributed by atoms with van der Waals surface area (Å²) in [4.78, 5) is 14.8. The fourth-order valence-electron chi connectivity index (χ4n) is 2.03. The van der Waals surface area contributed by atoms with E-state index in [0.717, 1.165) is 19.3 Å². The second-order valence-electron chi connectivity index (χ2n) is 5.65. The first-order valence-electron chi connectivity index (χ1n) is 8.86. The van der Waals surface area contributed by atoms with E-state index in [9.17, 15) is 4.79 Å². The van der Waals surface area contributed by atoms with Crippen molar-refractivity contribution in [1.82, 2.24) is 0 Å². The van der Waals surface area contributed by atoms with Crippen LogP contribution in [0.15, 0.2) is 48.6 Å². The Labute approximate surface area is 153 Å². The molecular formula is C21H36O4. The number of unbranched alkanes of at least 4 members (excludes halogenated alkanes) is 4. The minimum absolute atomic E-state index is 0. The summed E-state index contributed by atoms with van der Waals surface area (Å²) < 4.78 is 0. The Hall–Kier alpha value is -1.65.